The summed E-state index contributed by atoms with van der Waals surface area (Å²) in [7, 11) is 0. The van der Waals surface area contributed by atoms with Gasteiger partial charge >= 0.3 is 0 Å². The summed E-state index contributed by atoms with van der Waals surface area (Å²) >= 11 is 0. The molecular formula is C11H21NO2. The lowest BCUT2D eigenvalue weighted by atomic mass is 10.2. The Balaban J connectivity index is 1.82. The van der Waals surface area contributed by atoms with Crippen LogP contribution in [-0.2, 0) is 9.47 Å². The fourth-order valence-corrected chi connectivity index (χ4v) is 1.46. The first kappa shape index (κ1) is 11.7. The zero-order valence-electron chi connectivity index (χ0n) is 9.05. The van der Waals surface area contributed by atoms with Crippen LogP contribution in [0.2, 0.25) is 0 Å². The van der Waals surface area contributed by atoms with Crippen LogP contribution in [0, 0.1) is 0 Å². The Morgan fingerprint density at radius 2 is 2.50 bits per heavy atom. The SMILES string of the molecule is C=C(C)COCCNCC1CCCO1. The van der Waals surface area contributed by atoms with E-state index in [0.29, 0.717) is 12.7 Å². The quantitative estimate of drug-likeness (QED) is 0.496. The Morgan fingerprint density at radius 1 is 1.64 bits per heavy atom. The Labute approximate surface area is 86.5 Å². The van der Waals surface area contributed by atoms with Gasteiger partial charge in [-0.3, -0.25) is 0 Å². The highest BCUT2D eigenvalue weighted by atomic mass is 16.5. The molecule has 1 atom stereocenters. The second-order valence-electron chi connectivity index (χ2n) is 3.85. The molecule has 1 rings (SSSR count). The van der Waals surface area contributed by atoms with E-state index in [1.54, 1.807) is 0 Å². The Kier molecular flexibility index (Phi) is 5.83. The van der Waals surface area contributed by atoms with E-state index in [2.05, 4.69) is 11.9 Å². The summed E-state index contributed by atoms with van der Waals surface area (Å²) in [6, 6.07) is 0. The van der Waals surface area contributed by atoms with E-state index in [1.165, 1.54) is 12.8 Å². The molecule has 1 aliphatic heterocycles. The van der Waals surface area contributed by atoms with E-state index in [9.17, 15) is 0 Å². The molecule has 0 radical (unpaired) electrons. The average Bonchev–Trinajstić information content (AvgIpc) is 2.63. The van der Waals surface area contributed by atoms with Crippen molar-refractivity contribution in [2.45, 2.75) is 25.9 Å². The minimum absolute atomic E-state index is 0.427. The summed E-state index contributed by atoms with van der Waals surface area (Å²) in [5.41, 5.74) is 1.07. The van der Waals surface area contributed by atoms with E-state index in [-0.39, 0.29) is 0 Å². The van der Waals surface area contributed by atoms with Gasteiger partial charge in [0.25, 0.3) is 0 Å². The summed E-state index contributed by atoms with van der Waals surface area (Å²) in [5.74, 6) is 0. The lowest BCUT2D eigenvalue weighted by molar-refractivity contribution is 0.105. The van der Waals surface area contributed by atoms with Gasteiger partial charge in [-0.15, -0.1) is 0 Å². The zero-order valence-corrected chi connectivity index (χ0v) is 9.05. The predicted molar refractivity (Wildman–Crippen MR) is 57.5 cm³/mol. The Bertz CT molecular complexity index is 165. The lowest BCUT2D eigenvalue weighted by Gasteiger charge is -2.10. The molecule has 1 saturated heterocycles. The average molecular weight is 199 g/mol. The van der Waals surface area contributed by atoms with E-state index in [4.69, 9.17) is 9.47 Å². The van der Waals surface area contributed by atoms with Gasteiger partial charge in [-0.2, -0.15) is 0 Å². The topological polar surface area (TPSA) is 30.5 Å². The summed E-state index contributed by atoms with van der Waals surface area (Å²) in [6.07, 6.45) is 2.83. The second-order valence-corrected chi connectivity index (χ2v) is 3.85. The van der Waals surface area contributed by atoms with Gasteiger partial charge in [0.2, 0.25) is 0 Å². The van der Waals surface area contributed by atoms with Crippen LogP contribution in [0.4, 0.5) is 0 Å². The van der Waals surface area contributed by atoms with Crippen molar-refractivity contribution >= 4 is 0 Å². The highest BCUT2D eigenvalue weighted by molar-refractivity contribution is 4.87. The van der Waals surface area contributed by atoms with Crippen molar-refractivity contribution in [1.29, 1.82) is 0 Å². The molecule has 1 aliphatic rings. The van der Waals surface area contributed by atoms with Crippen molar-refractivity contribution in [1.82, 2.24) is 5.32 Å². The van der Waals surface area contributed by atoms with E-state index < -0.39 is 0 Å². The van der Waals surface area contributed by atoms with Gasteiger partial charge in [0.1, 0.15) is 0 Å². The molecule has 3 heteroatoms. The summed E-state index contributed by atoms with van der Waals surface area (Å²) in [6.45, 7) is 9.94. The van der Waals surface area contributed by atoms with Crippen LogP contribution >= 0.6 is 0 Å². The largest absolute Gasteiger partial charge is 0.377 e. The number of hydrogen-bond donors (Lipinski definition) is 1. The molecule has 1 N–H and O–H groups in total. The minimum Gasteiger partial charge on any atom is -0.377 e. The van der Waals surface area contributed by atoms with Crippen molar-refractivity contribution in [3.05, 3.63) is 12.2 Å². The Hall–Kier alpha value is -0.380. The molecule has 14 heavy (non-hydrogen) atoms. The predicted octanol–water partition coefficient (Wildman–Crippen LogP) is 1.35. The third-order valence-corrected chi connectivity index (χ3v) is 2.17. The molecule has 0 aromatic rings. The molecular weight excluding hydrogens is 178 g/mol. The maximum absolute atomic E-state index is 5.48. The van der Waals surface area contributed by atoms with Crippen LogP contribution in [0.15, 0.2) is 12.2 Å². The molecule has 1 heterocycles. The van der Waals surface area contributed by atoms with Gasteiger partial charge in [0.15, 0.2) is 0 Å². The third kappa shape index (κ3) is 5.37. The maximum atomic E-state index is 5.48. The summed E-state index contributed by atoms with van der Waals surface area (Å²) < 4.78 is 10.8. The molecule has 0 bridgehead atoms. The molecule has 0 spiro atoms. The lowest BCUT2D eigenvalue weighted by Crippen LogP contribution is -2.29. The summed E-state index contributed by atoms with van der Waals surface area (Å²) in [5, 5.41) is 3.32. The standard InChI is InChI=1S/C11H21NO2/c1-10(2)9-13-7-5-12-8-11-4-3-6-14-11/h11-12H,1,3-9H2,2H3. The van der Waals surface area contributed by atoms with Crippen LogP contribution in [-0.4, -0.2) is 39.0 Å². The van der Waals surface area contributed by atoms with E-state index >= 15 is 0 Å². The smallest absolute Gasteiger partial charge is 0.0700 e. The highest BCUT2D eigenvalue weighted by Crippen LogP contribution is 2.10. The van der Waals surface area contributed by atoms with Crippen LogP contribution in [0.3, 0.4) is 0 Å². The molecule has 0 amide bonds. The monoisotopic (exact) mass is 199 g/mol. The highest BCUT2D eigenvalue weighted by Gasteiger charge is 2.13. The Morgan fingerprint density at radius 3 is 3.14 bits per heavy atom. The van der Waals surface area contributed by atoms with Gasteiger partial charge < -0.3 is 14.8 Å². The normalized spacial score (nSPS) is 21.4. The number of ether oxygens (including phenoxy) is 2. The first-order chi connectivity index (χ1) is 6.79. The van der Waals surface area contributed by atoms with Gasteiger partial charge in [0, 0.05) is 19.7 Å². The van der Waals surface area contributed by atoms with Crippen LogP contribution in [0.1, 0.15) is 19.8 Å². The molecule has 0 aromatic heterocycles. The molecule has 0 aromatic carbocycles. The number of hydrogen-bond acceptors (Lipinski definition) is 3. The first-order valence-corrected chi connectivity index (χ1v) is 5.33. The van der Waals surface area contributed by atoms with Crippen LogP contribution < -0.4 is 5.32 Å². The molecule has 0 saturated carbocycles. The first-order valence-electron chi connectivity index (χ1n) is 5.33. The number of rotatable bonds is 7. The fourth-order valence-electron chi connectivity index (χ4n) is 1.46. The van der Waals surface area contributed by atoms with Gasteiger partial charge in [-0.1, -0.05) is 12.2 Å². The van der Waals surface area contributed by atoms with Gasteiger partial charge in [-0.25, -0.2) is 0 Å². The van der Waals surface area contributed by atoms with Crippen LogP contribution in [0.5, 0.6) is 0 Å². The van der Waals surface area contributed by atoms with Gasteiger partial charge in [0.05, 0.1) is 19.3 Å². The molecule has 82 valence electrons. The fraction of sp³-hybridized carbons (Fsp3) is 0.818. The third-order valence-electron chi connectivity index (χ3n) is 2.17. The molecule has 3 nitrogen and oxygen atoms in total. The number of nitrogens with one attached hydrogen (secondary N) is 1. The van der Waals surface area contributed by atoms with Crippen molar-refractivity contribution in [2.24, 2.45) is 0 Å². The molecule has 0 aliphatic carbocycles. The molecule has 1 unspecified atom stereocenters. The van der Waals surface area contributed by atoms with E-state index in [0.717, 1.165) is 31.9 Å². The minimum atomic E-state index is 0.427. The second kappa shape index (κ2) is 6.98. The van der Waals surface area contributed by atoms with Crippen LogP contribution in [0.25, 0.3) is 0 Å². The van der Waals surface area contributed by atoms with Crippen molar-refractivity contribution in [2.75, 3.05) is 32.9 Å². The van der Waals surface area contributed by atoms with Crippen molar-refractivity contribution < 1.29 is 9.47 Å². The van der Waals surface area contributed by atoms with Crippen molar-refractivity contribution in [3.63, 3.8) is 0 Å². The van der Waals surface area contributed by atoms with Gasteiger partial charge in [-0.05, 0) is 19.8 Å². The van der Waals surface area contributed by atoms with Crippen molar-refractivity contribution in [3.8, 4) is 0 Å². The zero-order chi connectivity index (χ0) is 10.2. The summed E-state index contributed by atoms with van der Waals surface area (Å²) in [4.78, 5) is 0. The molecule has 1 fully saturated rings. The van der Waals surface area contributed by atoms with E-state index in [1.807, 2.05) is 6.92 Å². The maximum Gasteiger partial charge on any atom is 0.0700 e.